The van der Waals surface area contributed by atoms with Crippen LogP contribution in [-0.4, -0.2) is 14.5 Å². The van der Waals surface area contributed by atoms with Crippen molar-refractivity contribution in [3.63, 3.8) is 0 Å². The minimum atomic E-state index is 0.383. The van der Waals surface area contributed by atoms with E-state index in [2.05, 4.69) is 29.0 Å². The molecule has 0 saturated heterocycles. The highest BCUT2D eigenvalue weighted by molar-refractivity contribution is 5.65. The van der Waals surface area contributed by atoms with E-state index in [9.17, 15) is 0 Å². The number of nitrogens with zero attached hydrogens (tertiary/aromatic N) is 3. The predicted octanol–water partition coefficient (Wildman–Crippen LogP) is 4.49. The molecule has 3 aromatic rings. The van der Waals surface area contributed by atoms with Crippen LogP contribution in [0.15, 0.2) is 79.5 Å². The molecular formula is C21H21N3O. The first-order chi connectivity index (χ1) is 12.2. The van der Waals surface area contributed by atoms with E-state index in [4.69, 9.17) is 4.74 Å². The van der Waals surface area contributed by atoms with E-state index in [1.165, 1.54) is 5.56 Å². The Bertz CT molecular complexity index is 886. The Hall–Kier alpha value is -3.14. The lowest BCUT2D eigenvalue weighted by molar-refractivity contribution is 0.300. The van der Waals surface area contributed by atoms with Gasteiger partial charge in [-0.05, 0) is 30.2 Å². The third-order valence-corrected chi connectivity index (χ3v) is 3.79. The number of rotatable bonds is 4. The van der Waals surface area contributed by atoms with Crippen molar-refractivity contribution in [3.05, 3.63) is 90.8 Å². The number of benzene rings is 2. The predicted molar refractivity (Wildman–Crippen MR) is 99.6 cm³/mol. The minimum Gasteiger partial charge on any atom is -0.487 e. The summed E-state index contributed by atoms with van der Waals surface area (Å²) in [5.41, 5.74) is 4.20. The van der Waals surface area contributed by atoms with Gasteiger partial charge in [0.2, 0.25) is 0 Å². The van der Waals surface area contributed by atoms with Crippen LogP contribution in [0.5, 0.6) is 5.75 Å². The molecular weight excluding hydrogens is 310 g/mol. The van der Waals surface area contributed by atoms with Crippen LogP contribution in [0.1, 0.15) is 11.3 Å². The molecule has 1 heterocycles. The van der Waals surface area contributed by atoms with E-state index in [1.54, 1.807) is 6.33 Å². The Morgan fingerprint density at radius 1 is 0.960 bits per heavy atom. The molecule has 126 valence electrons. The summed E-state index contributed by atoms with van der Waals surface area (Å²) in [6.07, 6.45) is 7.39. The normalized spacial score (nSPS) is 10.2. The topological polar surface area (TPSA) is 39.9 Å². The van der Waals surface area contributed by atoms with E-state index >= 15 is 0 Å². The molecule has 0 bridgehead atoms. The summed E-state index contributed by atoms with van der Waals surface area (Å²) in [4.78, 5) is 8.72. The van der Waals surface area contributed by atoms with Crippen LogP contribution < -0.4 is 4.74 Å². The standard InChI is InChI=1S/C21H21N3O/c1-17-8-6-7-11-21(17)18-12-22-16-23-19(14-24(2)13-18)15-25-20-9-4-3-5-10-20/h3-14,16H,15H2,1-2H3. The number of aryl methyl sites for hydroxylation is 2. The van der Waals surface area contributed by atoms with Crippen LogP contribution in [-0.2, 0) is 13.7 Å². The zero-order valence-corrected chi connectivity index (χ0v) is 14.5. The Balaban J connectivity index is 1.90. The van der Waals surface area contributed by atoms with Crippen molar-refractivity contribution in [1.29, 1.82) is 0 Å². The molecule has 4 heteroatoms. The van der Waals surface area contributed by atoms with E-state index in [-0.39, 0.29) is 0 Å². The second kappa shape index (κ2) is 8.11. The van der Waals surface area contributed by atoms with Crippen LogP contribution in [0, 0.1) is 6.92 Å². The highest BCUT2D eigenvalue weighted by atomic mass is 16.5. The first-order valence-corrected chi connectivity index (χ1v) is 8.16. The van der Waals surface area contributed by atoms with Gasteiger partial charge in [0.1, 0.15) is 18.7 Å². The lowest BCUT2D eigenvalue weighted by atomic mass is 10.0. The fourth-order valence-electron chi connectivity index (χ4n) is 2.56. The first kappa shape index (κ1) is 16.7. The van der Waals surface area contributed by atoms with E-state index in [0.717, 1.165) is 22.6 Å². The molecule has 3 rings (SSSR count). The number of ether oxygens (including phenoxy) is 1. The van der Waals surface area contributed by atoms with Gasteiger partial charge >= 0.3 is 0 Å². The number of aromatic nitrogens is 3. The van der Waals surface area contributed by atoms with Gasteiger partial charge in [-0.3, -0.25) is 0 Å². The van der Waals surface area contributed by atoms with E-state index < -0.39 is 0 Å². The van der Waals surface area contributed by atoms with Gasteiger partial charge in [-0.15, -0.1) is 0 Å². The van der Waals surface area contributed by atoms with Crippen LogP contribution in [0.3, 0.4) is 0 Å². The lowest BCUT2D eigenvalue weighted by Crippen LogP contribution is -1.99. The van der Waals surface area contributed by atoms with Crippen molar-refractivity contribution >= 4 is 0 Å². The smallest absolute Gasteiger partial charge is 0.132 e. The van der Waals surface area contributed by atoms with Gasteiger partial charge in [-0.1, -0.05) is 42.5 Å². The van der Waals surface area contributed by atoms with Crippen LogP contribution >= 0.6 is 0 Å². The summed E-state index contributed by atoms with van der Waals surface area (Å²) in [6, 6.07) is 18.0. The molecule has 0 saturated carbocycles. The van der Waals surface area contributed by atoms with Crippen molar-refractivity contribution in [2.75, 3.05) is 0 Å². The molecule has 25 heavy (non-hydrogen) atoms. The molecule has 0 unspecified atom stereocenters. The van der Waals surface area contributed by atoms with Gasteiger partial charge in [0.05, 0.1) is 5.69 Å². The fourth-order valence-corrected chi connectivity index (χ4v) is 2.56. The quantitative estimate of drug-likeness (QED) is 0.707. The summed E-state index contributed by atoms with van der Waals surface area (Å²) in [5, 5.41) is 0. The van der Waals surface area contributed by atoms with Crippen molar-refractivity contribution in [3.8, 4) is 16.9 Å². The Morgan fingerprint density at radius 2 is 1.72 bits per heavy atom. The van der Waals surface area contributed by atoms with Crippen LogP contribution in [0.4, 0.5) is 0 Å². The summed E-state index contributed by atoms with van der Waals surface area (Å²) in [6.45, 7) is 2.48. The minimum absolute atomic E-state index is 0.383. The summed E-state index contributed by atoms with van der Waals surface area (Å²) >= 11 is 0. The Morgan fingerprint density at radius 3 is 2.52 bits per heavy atom. The third-order valence-electron chi connectivity index (χ3n) is 3.79. The van der Waals surface area contributed by atoms with Gasteiger partial charge in [-0.2, -0.15) is 0 Å². The van der Waals surface area contributed by atoms with Crippen molar-refractivity contribution in [1.82, 2.24) is 14.5 Å². The molecule has 0 aliphatic heterocycles. The second-order valence-electron chi connectivity index (χ2n) is 5.81. The fraction of sp³-hybridized carbons (Fsp3) is 0.143. The molecule has 0 spiro atoms. The number of hydrogen-bond donors (Lipinski definition) is 0. The molecule has 2 aromatic carbocycles. The molecule has 0 fully saturated rings. The first-order valence-electron chi connectivity index (χ1n) is 8.16. The second-order valence-corrected chi connectivity index (χ2v) is 5.81. The molecule has 1 aromatic heterocycles. The highest BCUT2D eigenvalue weighted by Crippen LogP contribution is 2.20. The molecule has 0 aliphatic carbocycles. The maximum atomic E-state index is 5.78. The highest BCUT2D eigenvalue weighted by Gasteiger charge is 2.01. The van der Waals surface area contributed by atoms with Gasteiger partial charge in [0.25, 0.3) is 0 Å². The monoisotopic (exact) mass is 331 g/mol. The van der Waals surface area contributed by atoms with Gasteiger partial charge in [-0.25, -0.2) is 9.97 Å². The zero-order chi connectivity index (χ0) is 17.5. The average Bonchev–Trinajstić information content (AvgIpc) is 2.71. The zero-order valence-electron chi connectivity index (χ0n) is 14.5. The van der Waals surface area contributed by atoms with Crippen LogP contribution in [0.25, 0.3) is 11.1 Å². The number of hydrogen-bond acceptors (Lipinski definition) is 3. The lowest BCUT2D eigenvalue weighted by Gasteiger charge is -2.06. The van der Waals surface area contributed by atoms with Crippen LogP contribution in [0.2, 0.25) is 0 Å². The van der Waals surface area contributed by atoms with Gasteiger partial charge in [0.15, 0.2) is 0 Å². The van der Waals surface area contributed by atoms with Gasteiger partial charge < -0.3 is 9.30 Å². The van der Waals surface area contributed by atoms with Crippen molar-refractivity contribution in [2.24, 2.45) is 7.05 Å². The van der Waals surface area contributed by atoms with Gasteiger partial charge in [0, 0.05) is 31.2 Å². The molecule has 0 radical (unpaired) electrons. The summed E-state index contributed by atoms with van der Waals surface area (Å²) in [7, 11) is 1.98. The summed E-state index contributed by atoms with van der Waals surface area (Å²) < 4.78 is 7.77. The maximum Gasteiger partial charge on any atom is 0.132 e. The Kier molecular flexibility index (Phi) is 5.42. The Labute approximate surface area is 148 Å². The van der Waals surface area contributed by atoms with E-state index in [1.807, 2.05) is 72.7 Å². The third kappa shape index (κ3) is 4.67. The molecule has 0 atom stereocenters. The largest absolute Gasteiger partial charge is 0.487 e. The molecule has 0 N–H and O–H groups in total. The van der Waals surface area contributed by atoms with Crippen molar-refractivity contribution in [2.45, 2.75) is 13.5 Å². The molecule has 0 amide bonds. The number of para-hydroxylation sites is 1. The average molecular weight is 331 g/mol. The summed E-state index contributed by atoms with van der Waals surface area (Å²) in [5.74, 6) is 0.820. The van der Waals surface area contributed by atoms with E-state index in [0.29, 0.717) is 6.61 Å². The molecule has 4 nitrogen and oxygen atoms in total. The van der Waals surface area contributed by atoms with Crippen molar-refractivity contribution < 1.29 is 4.74 Å². The maximum absolute atomic E-state index is 5.78. The molecule has 0 aliphatic rings. The SMILES string of the molecule is Cc1ccccc1-c1cncnc(COc2ccccc2)cn(C)c1.